The van der Waals surface area contributed by atoms with Gasteiger partial charge in [-0.2, -0.15) is 0 Å². The van der Waals surface area contributed by atoms with Gasteiger partial charge in [0.25, 0.3) is 0 Å². The van der Waals surface area contributed by atoms with E-state index < -0.39 is 5.92 Å². The van der Waals surface area contributed by atoms with Crippen LogP contribution in [-0.2, 0) is 14.4 Å². The van der Waals surface area contributed by atoms with E-state index in [4.69, 9.17) is 0 Å². The third-order valence-electron chi connectivity index (χ3n) is 3.61. The van der Waals surface area contributed by atoms with Crippen molar-refractivity contribution in [1.29, 1.82) is 0 Å². The molecule has 1 fully saturated rings. The summed E-state index contributed by atoms with van der Waals surface area (Å²) in [5, 5.41) is 5.29. The van der Waals surface area contributed by atoms with Crippen LogP contribution in [0.2, 0.25) is 0 Å². The quantitative estimate of drug-likeness (QED) is 0.782. The third-order valence-corrected chi connectivity index (χ3v) is 4.10. The van der Waals surface area contributed by atoms with Gasteiger partial charge in [0, 0.05) is 29.7 Å². The monoisotopic (exact) mass is 381 g/mol. The number of halogens is 1. The number of anilines is 1. The lowest BCUT2D eigenvalue weighted by Crippen LogP contribution is -2.40. The summed E-state index contributed by atoms with van der Waals surface area (Å²) in [4.78, 5) is 37.4. The fourth-order valence-corrected chi connectivity index (χ4v) is 2.80. The molecule has 1 aliphatic rings. The molecule has 2 rings (SSSR count). The SMILES string of the molecule is CCCNC(=O)CNC(=O)[C@H]1CC(=O)N(c2cccc(Br)c2)C1. The van der Waals surface area contributed by atoms with Crippen molar-refractivity contribution in [2.75, 3.05) is 24.5 Å². The zero-order valence-corrected chi connectivity index (χ0v) is 14.6. The average Bonchev–Trinajstić information content (AvgIpc) is 2.92. The Morgan fingerprint density at radius 1 is 1.35 bits per heavy atom. The van der Waals surface area contributed by atoms with Crippen LogP contribution in [0.3, 0.4) is 0 Å². The van der Waals surface area contributed by atoms with Crippen molar-refractivity contribution in [3.63, 3.8) is 0 Å². The second-order valence-corrected chi connectivity index (χ2v) is 6.37. The molecule has 0 spiro atoms. The maximum Gasteiger partial charge on any atom is 0.239 e. The Morgan fingerprint density at radius 3 is 2.83 bits per heavy atom. The number of carbonyl (C=O) groups excluding carboxylic acids is 3. The minimum Gasteiger partial charge on any atom is -0.355 e. The molecule has 0 aliphatic carbocycles. The Bertz CT molecular complexity index is 606. The first-order valence-electron chi connectivity index (χ1n) is 7.61. The van der Waals surface area contributed by atoms with E-state index in [-0.39, 0.29) is 30.7 Å². The van der Waals surface area contributed by atoms with Crippen LogP contribution in [0.15, 0.2) is 28.7 Å². The topological polar surface area (TPSA) is 78.5 Å². The molecule has 1 aromatic carbocycles. The van der Waals surface area contributed by atoms with E-state index in [1.54, 1.807) is 4.90 Å². The van der Waals surface area contributed by atoms with E-state index in [0.29, 0.717) is 13.1 Å². The highest BCUT2D eigenvalue weighted by atomic mass is 79.9. The van der Waals surface area contributed by atoms with Gasteiger partial charge in [0.05, 0.1) is 12.5 Å². The second-order valence-electron chi connectivity index (χ2n) is 5.45. The van der Waals surface area contributed by atoms with Crippen LogP contribution in [0.5, 0.6) is 0 Å². The summed E-state index contributed by atoms with van der Waals surface area (Å²) < 4.78 is 0.878. The first-order chi connectivity index (χ1) is 11.0. The van der Waals surface area contributed by atoms with E-state index >= 15 is 0 Å². The van der Waals surface area contributed by atoms with E-state index in [0.717, 1.165) is 16.6 Å². The molecule has 0 radical (unpaired) electrons. The van der Waals surface area contributed by atoms with Crippen LogP contribution in [0.1, 0.15) is 19.8 Å². The molecule has 1 atom stereocenters. The van der Waals surface area contributed by atoms with Crippen molar-refractivity contribution in [3.05, 3.63) is 28.7 Å². The zero-order valence-electron chi connectivity index (χ0n) is 13.0. The number of benzene rings is 1. The number of amides is 3. The standard InChI is InChI=1S/C16H20BrN3O3/c1-2-6-18-14(21)9-19-16(23)11-7-15(22)20(10-11)13-5-3-4-12(17)8-13/h3-5,8,11H,2,6-7,9-10H2,1H3,(H,18,21)(H,19,23)/t11-/m0/s1. The van der Waals surface area contributed by atoms with Gasteiger partial charge in [-0.1, -0.05) is 28.9 Å². The van der Waals surface area contributed by atoms with Gasteiger partial charge in [-0.25, -0.2) is 0 Å². The van der Waals surface area contributed by atoms with Crippen LogP contribution >= 0.6 is 15.9 Å². The molecule has 124 valence electrons. The lowest BCUT2D eigenvalue weighted by molar-refractivity contribution is -0.128. The predicted molar refractivity (Wildman–Crippen MR) is 90.9 cm³/mol. The van der Waals surface area contributed by atoms with Crippen molar-refractivity contribution in [2.45, 2.75) is 19.8 Å². The molecule has 23 heavy (non-hydrogen) atoms. The summed E-state index contributed by atoms with van der Waals surface area (Å²) in [5.41, 5.74) is 0.764. The van der Waals surface area contributed by atoms with Gasteiger partial charge < -0.3 is 15.5 Å². The predicted octanol–water partition coefficient (Wildman–Crippen LogP) is 1.44. The molecular formula is C16H20BrN3O3. The average molecular weight is 382 g/mol. The minimum absolute atomic E-state index is 0.0551. The van der Waals surface area contributed by atoms with Crippen LogP contribution in [0.25, 0.3) is 0 Å². The van der Waals surface area contributed by atoms with Gasteiger partial charge >= 0.3 is 0 Å². The van der Waals surface area contributed by atoms with Crippen LogP contribution in [0.4, 0.5) is 5.69 Å². The summed E-state index contributed by atoms with van der Waals surface area (Å²) in [5.74, 6) is -0.991. The van der Waals surface area contributed by atoms with Crippen molar-refractivity contribution < 1.29 is 14.4 Å². The first-order valence-corrected chi connectivity index (χ1v) is 8.41. The van der Waals surface area contributed by atoms with Gasteiger partial charge in [-0.15, -0.1) is 0 Å². The normalized spacial score (nSPS) is 17.2. The summed E-state index contributed by atoms with van der Waals surface area (Å²) in [6, 6.07) is 7.40. The van der Waals surface area contributed by atoms with E-state index in [9.17, 15) is 14.4 Å². The van der Waals surface area contributed by atoms with Crippen LogP contribution in [-0.4, -0.2) is 37.4 Å². The highest BCUT2D eigenvalue weighted by Gasteiger charge is 2.35. The zero-order chi connectivity index (χ0) is 16.8. The van der Waals surface area contributed by atoms with Crippen LogP contribution < -0.4 is 15.5 Å². The lowest BCUT2D eigenvalue weighted by atomic mass is 10.1. The first kappa shape index (κ1) is 17.5. The maximum atomic E-state index is 12.1. The number of rotatable bonds is 6. The van der Waals surface area contributed by atoms with Gasteiger partial charge in [0.1, 0.15) is 0 Å². The molecule has 1 aliphatic heterocycles. The minimum atomic E-state index is -0.430. The molecule has 3 amide bonds. The van der Waals surface area contributed by atoms with E-state index in [1.165, 1.54) is 0 Å². The maximum absolute atomic E-state index is 12.1. The Labute approximate surface area is 143 Å². The molecule has 2 N–H and O–H groups in total. The van der Waals surface area contributed by atoms with Crippen molar-refractivity contribution in [2.24, 2.45) is 5.92 Å². The van der Waals surface area contributed by atoms with Crippen molar-refractivity contribution in [1.82, 2.24) is 10.6 Å². The molecule has 1 saturated heterocycles. The van der Waals surface area contributed by atoms with Crippen molar-refractivity contribution >= 4 is 39.3 Å². The fraction of sp³-hybridized carbons (Fsp3) is 0.438. The van der Waals surface area contributed by atoms with Gasteiger partial charge in [-0.05, 0) is 24.6 Å². The summed E-state index contributed by atoms with van der Waals surface area (Å²) >= 11 is 3.37. The Kier molecular flexibility index (Phi) is 6.15. The number of carbonyl (C=O) groups is 3. The second kappa shape index (κ2) is 8.10. The van der Waals surface area contributed by atoms with Crippen molar-refractivity contribution in [3.8, 4) is 0 Å². The number of hydrogen-bond acceptors (Lipinski definition) is 3. The van der Waals surface area contributed by atoms with E-state index in [1.807, 2.05) is 31.2 Å². The van der Waals surface area contributed by atoms with Crippen LogP contribution in [0, 0.1) is 5.92 Å². The molecule has 0 bridgehead atoms. The highest BCUT2D eigenvalue weighted by Crippen LogP contribution is 2.27. The molecule has 7 heteroatoms. The largest absolute Gasteiger partial charge is 0.355 e. The van der Waals surface area contributed by atoms with Gasteiger partial charge in [0.2, 0.25) is 17.7 Å². The number of nitrogens with one attached hydrogen (secondary N) is 2. The van der Waals surface area contributed by atoms with Gasteiger partial charge in [0.15, 0.2) is 0 Å². The molecule has 0 saturated carbocycles. The smallest absolute Gasteiger partial charge is 0.239 e. The number of hydrogen-bond donors (Lipinski definition) is 2. The van der Waals surface area contributed by atoms with E-state index in [2.05, 4.69) is 26.6 Å². The molecule has 0 unspecified atom stereocenters. The summed E-state index contributed by atoms with van der Waals surface area (Å²) in [6.07, 6.45) is 1.01. The molecule has 1 heterocycles. The Balaban J connectivity index is 1.89. The number of nitrogens with zero attached hydrogens (tertiary/aromatic N) is 1. The lowest BCUT2D eigenvalue weighted by Gasteiger charge is -2.17. The highest BCUT2D eigenvalue weighted by molar-refractivity contribution is 9.10. The molecule has 6 nitrogen and oxygen atoms in total. The Hall–Kier alpha value is -1.89. The molecular weight excluding hydrogens is 362 g/mol. The Morgan fingerprint density at radius 2 is 2.13 bits per heavy atom. The molecule has 0 aromatic heterocycles. The summed E-state index contributed by atoms with van der Waals surface area (Å²) in [7, 11) is 0. The fourth-order valence-electron chi connectivity index (χ4n) is 2.42. The molecule has 1 aromatic rings. The third kappa shape index (κ3) is 4.79. The van der Waals surface area contributed by atoms with Gasteiger partial charge in [-0.3, -0.25) is 14.4 Å². The summed E-state index contributed by atoms with van der Waals surface area (Å²) in [6.45, 7) is 2.82.